The van der Waals surface area contributed by atoms with E-state index in [4.69, 9.17) is 9.47 Å². The van der Waals surface area contributed by atoms with E-state index >= 15 is 0 Å². The van der Waals surface area contributed by atoms with Gasteiger partial charge in [-0.15, -0.1) is 0 Å². The normalized spacial score (nSPS) is 13.4. The van der Waals surface area contributed by atoms with E-state index in [1.54, 1.807) is 44.9 Å². The van der Waals surface area contributed by atoms with Crippen LogP contribution in [-0.2, 0) is 16.6 Å². The molecule has 0 saturated carbocycles. The third kappa shape index (κ3) is 4.44. The zero-order valence-electron chi connectivity index (χ0n) is 17.8. The van der Waals surface area contributed by atoms with Crippen LogP contribution in [0.4, 0.5) is 0 Å². The van der Waals surface area contributed by atoms with Gasteiger partial charge in [0.05, 0.1) is 4.90 Å². The van der Waals surface area contributed by atoms with Crippen molar-refractivity contribution < 1.29 is 22.7 Å². The molecule has 0 saturated heterocycles. The monoisotopic (exact) mass is 432 g/mol. The molecule has 7 nitrogen and oxygen atoms in total. The first-order chi connectivity index (χ1) is 14.3. The van der Waals surface area contributed by atoms with Gasteiger partial charge in [0.25, 0.3) is 5.91 Å². The van der Waals surface area contributed by atoms with Crippen LogP contribution in [0.25, 0.3) is 0 Å². The molecule has 1 aliphatic rings. The van der Waals surface area contributed by atoms with E-state index in [0.717, 1.165) is 11.1 Å². The molecule has 162 valence electrons. The van der Waals surface area contributed by atoms with Crippen LogP contribution in [0.1, 0.15) is 35.3 Å². The molecule has 0 unspecified atom stereocenters. The topological polar surface area (TPSA) is 76.2 Å². The van der Waals surface area contributed by atoms with E-state index in [9.17, 15) is 13.2 Å². The minimum atomic E-state index is -3.64. The van der Waals surface area contributed by atoms with E-state index in [1.165, 1.54) is 10.4 Å². The number of benzene rings is 2. The number of fused-ring (bicyclic) bond motifs is 1. The van der Waals surface area contributed by atoms with Crippen molar-refractivity contribution in [1.82, 2.24) is 9.21 Å². The second kappa shape index (κ2) is 9.06. The molecule has 1 amide bonds. The lowest BCUT2D eigenvalue weighted by molar-refractivity contribution is 0.0783. The molecule has 0 N–H and O–H groups in total. The van der Waals surface area contributed by atoms with E-state index in [2.05, 4.69) is 0 Å². The Hall–Kier alpha value is -2.58. The molecule has 0 atom stereocenters. The number of carbonyl (C=O) groups is 1. The molecule has 0 aromatic heterocycles. The molecule has 0 radical (unpaired) electrons. The summed E-state index contributed by atoms with van der Waals surface area (Å²) in [6.07, 6.45) is 0. The number of carbonyl (C=O) groups excluding carboxylic acids is 1. The highest BCUT2D eigenvalue weighted by atomic mass is 32.2. The van der Waals surface area contributed by atoms with Gasteiger partial charge in [-0.2, -0.15) is 4.31 Å². The maximum absolute atomic E-state index is 13.1. The second-order valence-corrected chi connectivity index (χ2v) is 9.14. The molecule has 3 rings (SSSR count). The van der Waals surface area contributed by atoms with Gasteiger partial charge in [-0.25, -0.2) is 8.42 Å². The lowest BCUT2D eigenvalue weighted by atomic mass is 10.1. The van der Waals surface area contributed by atoms with E-state index < -0.39 is 10.0 Å². The van der Waals surface area contributed by atoms with Gasteiger partial charge >= 0.3 is 0 Å². The summed E-state index contributed by atoms with van der Waals surface area (Å²) < 4.78 is 38.2. The smallest absolute Gasteiger partial charge is 0.254 e. The van der Waals surface area contributed by atoms with E-state index in [1.807, 2.05) is 18.2 Å². The van der Waals surface area contributed by atoms with Gasteiger partial charge in [-0.1, -0.05) is 26.0 Å². The Morgan fingerprint density at radius 2 is 1.67 bits per heavy atom. The fourth-order valence-corrected chi connectivity index (χ4v) is 4.93. The van der Waals surface area contributed by atoms with Crippen LogP contribution in [0.2, 0.25) is 0 Å². The summed E-state index contributed by atoms with van der Waals surface area (Å²) in [5.41, 5.74) is 2.01. The van der Waals surface area contributed by atoms with Gasteiger partial charge in [-0.05, 0) is 42.3 Å². The highest BCUT2D eigenvalue weighted by Gasteiger charge is 2.24. The predicted octanol–water partition coefficient (Wildman–Crippen LogP) is 3.07. The molecular formula is C22H28N2O5S. The van der Waals surface area contributed by atoms with Crippen molar-refractivity contribution in [2.45, 2.75) is 32.2 Å². The van der Waals surface area contributed by atoms with Gasteiger partial charge in [-0.3, -0.25) is 4.79 Å². The maximum atomic E-state index is 13.1. The van der Waals surface area contributed by atoms with Crippen LogP contribution < -0.4 is 9.47 Å². The summed E-state index contributed by atoms with van der Waals surface area (Å²) in [4.78, 5) is 14.8. The number of hydrogen-bond donors (Lipinski definition) is 0. The van der Waals surface area contributed by atoms with Crippen molar-refractivity contribution in [1.29, 1.82) is 0 Å². The van der Waals surface area contributed by atoms with Crippen LogP contribution in [0.3, 0.4) is 0 Å². The van der Waals surface area contributed by atoms with Crippen LogP contribution in [0.15, 0.2) is 41.3 Å². The average molecular weight is 433 g/mol. The Morgan fingerprint density at radius 1 is 1.00 bits per heavy atom. The maximum Gasteiger partial charge on any atom is 0.254 e. The molecule has 0 fully saturated rings. The standard InChI is InChI=1S/C22H28N2O5S/c1-5-24(6-2)30(26,27)18-9-7-16(3)19(14-18)22(25)23(4)15-17-8-10-20-21(13-17)29-12-11-28-20/h7-10,13-14H,5-6,11-12,15H2,1-4H3. The number of sulfonamides is 1. The van der Waals surface area contributed by atoms with Crippen molar-refractivity contribution in [3.63, 3.8) is 0 Å². The van der Waals surface area contributed by atoms with Crippen molar-refractivity contribution in [3.05, 3.63) is 53.1 Å². The van der Waals surface area contributed by atoms with Crippen molar-refractivity contribution in [2.75, 3.05) is 33.4 Å². The van der Waals surface area contributed by atoms with Crippen LogP contribution in [-0.4, -0.2) is 56.9 Å². The number of hydrogen-bond acceptors (Lipinski definition) is 5. The Balaban J connectivity index is 1.84. The fourth-order valence-electron chi connectivity index (χ4n) is 3.44. The molecule has 1 aliphatic heterocycles. The first-order valence-electron chi connectivity index (χ1n) is 10.0. The number of ether oxygens (including phenoxy) is 2. The summed E-state index contributed by atoms with van der Waals surface area (Å²) in [5, 5.41) is 0. The third-order valence-corrected chi connectivity index (χ3v) is 7.20. The summed E-state index contributed by atoms with van der Waals surface area (Å²) in [6, 6.07) is 10.3. The molecule has 2 aromatic rings. The minimum absolute atomic E-state index is 0.132. The predicted molar refractivity (Wildman–Crippen MR) is 115 cm³/mol. The van der Waals surface area contributed by atoms with Crippen LogP contribution >= 0.6 is 0 Å². The molecule has 2 aromatic carbocycles. The Morgan fingerprint density at radius 3 is 2.33 bits per heavy atom. The highest BCUT2D eigenvalue weighted by molar-refractivity contribution is 7.89. The summed E-state index contributed by atoms with van der Waals surface area (Å²) in [5.74, 6) is 1.13. The largest absolute Gasteiger partial charge is 0.486 e. The summed E-state index contributed by atoms with van der Waals surface area (Å²) >= 11 is 0. The summed E-state index contributed by atoms with van der Waals surface area (Å²) in [7, 11) is -1.94. The molecular weight excluding hydrogens is 404 g/mol. The highest BCUT2D eigenvalue weighted by Crippen LogP contribution is 2.31. The fraction of sp³-hybridized carbons (Fsp3) is 0.409. The van der Waals surface area contributed by atoms with E-state index in [-0.39, 0.29) is 10.8 Å². The zero-order chi connectivity index (χ0) is 21.9. The first kappa shape index (κ1) is 22.1. The Labute approximate surface area is 178 Å². The minimum Gasteiger partial charge on any atom is -0.486 e. The van der Waals surface area contributed by atoms with Crippen molar-refractivity contribution >= 4 is 15.9 Å². The average Bonchev–Trinajstić information content (AvgIpc) is 2.74. The lowest BCUT2D eigenvalue weighted by Crippen LogP contribution is -2.31. The molecule has 8 heteroatoms. The number of nitrogens with zero attached hydrogens (tertiary/aromatic N) is 2. The number of rotatable bonds is 7. The van der Waals surface area contributed by atoms with Crippen LogP contribution in [0.5, 0.6) is 11.5 Å². The van der Waals surface area contributed by atoms with Gasteiger partial charge in [0, 0.05) is 32.2 Å². The first-order valence-corrected chi connectivity index (χ1v) is 11.5. The SMILES string of the molecule is CCN(CC)S(=O)(=O)c1ccc(C)c(C(=O)N(C)Cc2ccc3c(c2)OCCO3)c1. The molecule has 30 heavy (non-hydrogen) atoms. The molecule has 0 aliphatic carbocycles. The molecule has 0 bridgehead atoms. The second-order valence-electron chi connectivity index (χ2n) is 7.21. The molecule has 1 heterocycles. The summed E-state index contributed by atoms with van der Waals surface area (Å²) in [6.45, 7) is 7.53. The van der Waals surface area contributed by atoms with Gasteiger partial charge < -0.3 is 14.4 Å². The van der Waals surface area contributed by atoms with Gasteiger partial charge in [0.1, 0.15) is 13.2 Å². The lowest BCUT2D eigenvalue weighted by Gasteiger charge is -2.22. The van der Waals surface area contributed by atoms with Crippen molar-refractivity contribution in [2.24, 2.45) is 0 Å². The van der Waals surface area contributed by atoms with Crippen molar-refractivity contribution in [3.8, 4) is 11.5 Å². The van der Waals surface area contributed by atoms with Crippen LogP contribution in [0, 0.1) is 6.92 Å². The van der Waals surface area contributed by atoms with Gasteiger partial charge in [0.15, 0.2) is 11.5 Å². The number of aryl methyl sites for hydroxylation is 1. The van der Waals surface area contributed by atoms with Gasteiger partial charge in [0.2, 0.25) is 10.0 Å². The molecule has 0 spiro atoms. The number of amides is 1. The Bertz CT molecular complexity index is 1030. The van der Waals surface area contributed by atoms with E-state index in [0.29, 0.717) is 49.9 Å². The zero-order valence-corrected chi connectivity index (χ0v) is 18.7. The quantitative estimate of drug-likeness (QED) is 0.672. The Kier molecular flexibility index (Phi) is 6.67. The third-order valence-electron chi connectivity index (χ3n) is 5.16.